The van der Waals surface area contributed by atoms with E-state index < -0.39 is 0 Å². The minimum absolute atomic E-state index is 0.00206. The van der Waals surface area contributed by atoms with Gasteiger partial charge in [-0.3, -0.25) is 14.6 Å². The molecule has 3 aromatic rings. The highest BCUT2D eigenvalue weighted by molar-refractivity contribution is 7.09. The lowest BCUT2D eigenvalue weighted by molar-refractivity contribution is 0.0675. The first-order chi connectivity index (χ1) is 13.6. The van der Waals surface area contributed by atoms with Crippen molar-refractivity contribution in [2.45, 2.75) is 26.3 Å². The van der Waals surface area contributed by atoms with E-state index in [1.165, 1.54) is 11.3 Å². The van der Waals surface area contributed by atoms with Gasteiger partial charge in [0, 0.05) is 49.0 Å². The molecular weight excluding hydrogens is 374 g/mol. The van der Waals surface area contributed by atoms with Crippen molar-refractivity contribution in [1.29, 1.82) is 0 Å². The Hall–Kier alpha value is -2.87. The molecule has 8 heteroatoms. The summed E-state index contributed by atoms with van der Waals surface area (Å²) in [4.78, 5) is 34.9. The van der Waals surface area contributed by atoms with Crippen LogP contribution in [-0.2, 0) is 6.54 Å². The van der Waals surface area contributed by atoms with Crippen molar-refractivity contribution < 1.29 is 4.79 Å². The summed E-state index contributed by atoms with van der Waals surface area (Å²) < 4.78 is 1.54. The van der Waals surface area contributed by atoms with Crippen molar-refractivity contribution in [3.63, 3.8) is 0 Å². The largest absolute Gasteiger partial charge is 0.337 e. The maximum atomic E-state index is 12.5. The second kappa shape index (κ2) is 8.02. The minimum atomic E-state index is -0.103. The van der Waals surface area contributed by atoms with Crippen LogP contribution in [0.1, 0.15) is 28.3 Å². The fourth-order valence-electron chi connectivity index (χ4n) is 3.44. The van der Waals surface area contributed by atoms with Gasteiger partial charge in [-0.15, -0.1) is 11.3 Å². The number of carbonyl (C=O) groups excluding carboxylic acids is 1. The molecule has 0 radical (unpaired) electrons. The molecule has 1 saturated heterocycles. The second-order valence-corrected chi connectivity index (χ2v) is 8.02. The van der Waals surface area contributed by atoms with Crippen LogP contribution in [0.4, 0.5) is 0 Å². The highest BCUT2D eigenvalue weighted by atomic mass is 32.1. The number of carbonyl (C=O) groups is 1. The van der Waals surface area contributed by atoms with Crippen LogP contribution >= 0.6 is 11.3 Å². The van der Waals surface area contributed by atoms with Gasteiger partial charge in [-0.25, -0.2) is 9.67 Å². The quantitative estimate of drug-likeness (QED) is 0.678. The molecule has 4 rings (SSSR count). The SMILES string of the molecule is Cc1nc(C(=O)N2CCC(Cn3nc(-c4ccncc4)ccc3=O)CC2)cs1. The molecule has 1 aliphatic heterocycles. The second-order valence-electron chi connectivity index (χ2n) is 6.96. The number of thiazole rings is 1. The van der Waals surface area contributed by atoms with Crippen LogP contribution in [0.3, 0.4) is 0 Å². The van der Waals surface area contributed by atoms with E-state index in [2.05, 4.69) is 15.1 Å². The third-order valence-corrected chi connectivity index (χ3v) is 5.79. The molecular formula is C20H21N5O2S. The first kappa shape index (κ1) is 18.5. The summed E-state index contributed by atoms with van der Waals surface area (Å²) in [5.41, 5.74) is 2.12. The summed E-state index contributed by atoms with van der Waals surface area (Å²) >= 11 is 1.49. The molecule has 1 fully saturated rings. The van der Waals surface area contributed by atoms with Gasteiger partial charge in [-0.2, -0.15) is 5.10 Å². The van der Waals surface area contributed by atoms with Crippen LogP contribution < -0.4 is 5.56 Å². The van der Waals surface area contributed by atoms with Gasteiger partial charge in [0.05, 0.1) is 10.7 Å². The van der Waals surface area contributed by atoms with E-state index in [1.54, 1.807) is 29.2 Å². The Morgan fingerprint density at radius 1 is 1.18 bits per heavy atom. The van der Waals surface area contributed by atoms with E-state index in [0.717, 1.165) is 29.1 Å². The standard InChI is InChI=1S/C20H21N5O2S/c1-14-22-18(13-28-14)20(27)24-10-6-15(7-11-24)12-25-19(26)3-2-17(23-25)16-4-8-21-9-5-16/h2-5,8-9,13,15H,6-7,10-12H2,1H3. The van der Waals surface area contributed by atoms with Gasteiger partial charge < -0.3 is 4.90 Å². The van der Waals surface area contributed by atoms with Crippen molar-refractivity contribution in [3.8, 4) is 11.3 Å². The van der Waals surface area contributed by atoms with Crippen molar-refractivity contribution in [3.05, 3.63) is 63.1 Å². The molecule has 0 atom stereocenters. The van der Waals surface area contributed by atoms with E-state index in [1.807, 2.05) is 29.3 Å². The fraction of sp³-hybridized carbons (Fsp3) is 0.350. The van der Waals surface area contributed by atoms with Crippen molar-refractivity contribution in [2.75, 3.05) is 13.1 Å². The lowest BCUT2D eigenvalue weighted by atomic mass is 9.96. The summed E-state index contributed by atoms with van der Waals surface area (Å²) in [6.45, 7) is 3.83. The molecule has 0 N–H and O–H groups in total. The lowest BCUT2D eigenvalue weighted by Gasteiger charge is -2.31. The van der Waals surface area contributed by atoms with Gasteiger partial charge in [0.2, 0.25) is 0 Å². The number of amides is 1. The molecule has 1 aliphatic rings. The molecule has 7 nitrogen and oxygen atoms in total. The Morgan fingerprint density at radius 2 is 1.93 bits per heavy atom. The number of hydrogen-bond donors (Lipinski definition) is 0. The number of aromatic nitrogens is 4. The molecule has 0 aliphatic carbocycles. The number of piperidine rings is 1. The monoisotopic (exact) mass is 395 g/mol. The first-order valence-electron chi connectivity index (χ1n) is 9.30. The summed E-state index contributed by atoms with van der Waals surface area (Å²) in [7, 11) is 0. The van der Waals surface area contributed by atoms with Gasteiger partial charge in [0.25, 0.3) is 11.5 Å². The van der Waals surface area contributed by atoms with Crippen molar-refractivity contribution >= 4 is 17.2 Å². The van der Waals surface area contributed by atoms with Crippen molar-refractivity contribution in [2.24, 2.45) is 5.92 Å². The Labute approximate surface area is 166 Å². The smallest absolute Gasteiger partial charge is 0.273 e. The lowest BCUT2D eigenvalue weighted by Crippen LogP contribution is -2.40. The van der Waals surface area contributed by atoms with Gasteiger partial charge in [0.1, 0.15) is 5.69 Å². The highest BCUT2D eigenvalue weighted by Crippen LogP contribution is 2.21. The summed E-state index contributed by atoms with van der Waals surface area (Å²) in [5, 5.41) is 7.25. The van der Waals surface area contributed by atoms with Gasteiger partial charge >= 0.3 is 0 Å². The molecule has 0 unspecified atom stereocenters. The van der Waals surface area contributed by atoms with E-state index in [-0.39, 0.29) is 11.5 Å². The predicted octanol–water partition coefficient (Wildman–Crippen LogP) is 2.62. The van der Waals surface area contributed by atoms with E-state index in [0.29, 0.717) is 31.2 Å². The molecule has 0 saturated carbocycles. The molecule has 144 valence electrons. The van der Waals surface area contributed by atoms with Crippen LogP contribution in [0, 0.1) is 12.8 Å². The third-order valence-electron chi connectivity index (χ3n) is 5.01. The Kier molecular flexibility index (Phi) is 5.29. The maximum Gasteiger partial charge on any atom is 0.273 e. The first-order valence-corrected chi connectivity index (χ1v) is 10.2. The maximum absolute atomic E-state index is 12.5. The zero-order chi connectivity index (χ0) is 19.5. The number of nitrogens with zero attached hydrogens (tertiary/aromatic N) is 5. The molecule has 0 spiro atoms. The number of pyridine rings is 1. The van der Waals surface area contributed by atoms with Gasteiger partial charge in [-0.05, 0) is 43.9 Å². The number of rotatable bonds is 4. The minimum Gasteiger partial charge on any atom is -0.337 e. The van der Waals surface area contributed by atoms with E-state index >= 15 is 0 Å². The summed E-state index contributed by atoms with van der Waals surface area (Å²) in [5.74, 6) is 0.317. The van der Waals surface area contributed by atoms with E-state index in [9.17, 15) is 9.59 Å². The molecule has 4 heterocycles. The molecule has 28 heavy (non-hydrogen) atoms. The summed E-state index contributed by atoms with van der Waals surface area (Å²) in [6, 6.07) is 7.06. The average molecular weight is 395 g/mol. The highest BCUT2D eigenvalue weighted by Gasteiger charge is 2.25. The van der Waals surface area contributed by atoms with Crippen LogP contribution in [-0.4, -0.2) is 43.6 Å². The van der Waals surface area contributed by atoms with Gasteiger partial charge in [0.15, 0.2) is 0 Å². The Morgan fingerprint density at radius 3 is 2.61 bits per heavy atom. The third kappa shape index (κ3) is 4.01. The van der Waals surface area contributed by atoms with E-state index in [4.69, 9.17) is 0 Å². The topological polar surface area (TPSA) is 81.0 Å². The number of aryl methyl sites for hydroxylation is 1. The normalized spacial score (nSPS) is 15.0. The molecule has 0 aromatic carbocycles. The number of likely N-dealkylation sites (tertiary alicyclic amines) is 1. The van der Waals surface area contributed by atoms with Crippen LogP contribution in [0.15, 0.2) is 46.8 Å². The zero-order valence-electron chi connectivity index (χ0n) is 15.6. The zero-order valence-corrected chi connectivity index (χ0v) is 16.4. The predicted molar refractivity (Wildman–Crippen MR) is 107 cm³/mol. The van der Waals surface area contributed by atoms with Crippen molar-refractivity contribution in [1.82, 2.24) is 24.6 Å². The Balaban J connectivity index is 1.41. The number of hydrogen-bond acceptors (Lipinski definition) is 6. The van der Waals surface area contributed by atoms with Crippen LogP contribution in [0.5, 0.6) is 0 Å². The molecule has 3 aromatic heterocycles. The molecule has 0 bridgehead atoms. The van der Waals surface area contributed by atoms with Gasteiger partial charge in [-0.1, -0.05) is 0 Å². The average Bonchev–Trinajstić information content (AvgIpc) is 3.17. The molecule has 1 amide bonds. The van der Waals surface area contributed by atoms with Crippen LogP contribution in [0.2, 0.25) is 0 Å². The van der Waals surface area contributed by atoms with Crippen LogP contribution in [0.25, 0.3) is 11.3 Å². The fourth-order valence-corrected chi connectivity index (χ4v) is 4.03. The Bertz CT molecular complexity index is 1020. The summed E-state index contributed by atoms with van der Waals surface area (Å²) in [6.07, 6.45) is 5.12.